The highest BCUT2D eigenvalue weighted by atomic mass is 32.2. The number of ether oxygens (including phenoxy) is 1. The molecule has 0 bridgehead atoms. The molecule has 0 atom stereocenters. The molecule has 2 aromatic rings. The van der Waals surface area contributed by atoms with Crippen LogP contribution in [0.15, 0.2) is 29.2 Å². The van der Waals surface area contributed by atoms with Crippen molar-refractivity contribution in [1.29, 1.82) is 0 Å². The molecule has 0 aliphatic rings. The number of nitrogens with zero attached hydrogens (tertiary/aromatic N) is 2. The lowest BCUT2D eigenvalue weighted by Crippen LogP contribution is -2.04. The zero-order chi connectivity index (χ0) is 14.2. The van der Waals surface area contributed by atoms with Crippen molar-refractivity contribution >= 4 is 15.5 Å². The average Bonchev–Trinajstić information content (AvgIpc) is 2.59. The highest BCUT2D eigenvalue weighted by Gasteiger charge is 2.16. The molecule has 7 heteroatoms. The monoisotopic (exact) mass is 281 g/mol. The number of para-hydroxylation sites is 1. The molecule has 2 rings (SSSR count). The number of hydrogen-bond acceptors (Lipinski definition) is 5. The number of benzene rings is 1. The first-order chi connectivity index (χ1) is 8.79. The highest BCUT2D eigenvalue weighted by Crippen LogP contribution is 2.32. The predicted molar refractivity (Wildman–Crippen MR) is 72.0 cm³/mol. The fraction of sp³-hybridized carbons (Fsp3) is 0.250. The Morgan fingerprint density at radius 1 is 1.37 bits per heavy atom. The molecule has 1 heterocycles. The third-order valence-corrected chi connectivity index (χ3v) is 3.75. The Bertz CT molecular complexity index is 720. The minimum atomic E-state index is -3.38. The third-order valence-electron chi connectivity index (χ3n) is 2.60. The summed E-state index contributed by atoms with van der Waals surface area (Å²) in [6, 6.07) is 6.40. The normalized spacial score (nSPS) is 11.5. The molecule has 6 nitrogen and oxygen atoms in total. The lowest BCUT2D eigenvalue weighted by molar-refractivity contribution is 0.431. The maximum Gasteiger partial charge on any atom is 0.217 e. The van der Waals surface area contributed by atoms with Gasteiger partial charge in [0.2, 0.25) is 5.88 Å². The van der Waals surface area contributed by atoms with Crippen LogP contribution in [0.25, 0.3) is 0 Å². The Hall–Kier alpha value is -2.02. The summed E-state index contributed by atoms with van der Waals surface area (Å²) in [4.78, 5) is 0.0592. The van der Waals surface area contributed by atoms with Crippen LogP contribution < -0.4 is 10.5 Å². The molecular weight excluding hydrogens is 266 g/mol. The Morgan fingerprint density at radius 3 is 2.58 bits per heavy atom. The maximum absolute atomic E-state index is 11.6. The smallest absolute Gasteiger partial charge is 0.217 e. The van der Waals surface area contributed by atoms with Gasteiger partial charge in [0.25, 0.3) is 0 Å². The van der Waals surface area contributed by atoms with Crippen LogP contribution in [0.4, 0.5) is 5.69 Å². The second-order valence-electron chi connectivity index (χ2n) is 4.29. The van der Waals surface area contributed by atoms with Gasteiger partial charge in [-0.3, -0.25) is 0 Å². The largest absolute Gasteiger partial charge is 0.437 e. The molecular formula is C12H15N3O3S. The predicted octanol–water partition coefficient (Wildman–Crippen LogP) is 1.51. The van der Waals surface area contributed by atoms with E-state index in [-0.39, 0.29) is 10.6 Å². The first kappa shape index (κ1) is 13.4. The third kappa shape index (κ3) is 2.70. The quantitative estimate of drug-likeness (QED) is 0.862. The van der Waals surface area contributed by atoms with Gasteiger partial charge < -0.3 is 10.5 Å². The van der Waals surface area contributed by atoms with Gasteiger partial charge in [0, 0.05) is 19.4 Å². The van der Waals surface area contributed by atoms with Crippen LogP contribution in [-0.4, -0.2) is 24.5 Å². The SMILES string of the molecule is Cc1cc(Oc2cccc(S(C)(=O)=O)c2N)n(C)n1. The molecule has 0 spiro atoms. The number of aryl methyl sites for hydroxylation is 2. The van der Waals surface area contributed by atoms with Gasteiger partial charge in [-0.2, -0.15) is 5.10 Å². The molecule has 102 valence electrons. The summed E-state index contributed by atoms with van der Waals surface area (Å²) in [5.41, 5.74) is 6.74. The van der Waals surface area contributed by atoms with E-state index in [1.54, 1.807) is 29.9 Å². The Kier molecular flexibility index (Phi) is 3.23. The molecule has 0 saturated heterocycles. The van der Waals surface area contributed by atoms with E-state index in [9.17, 15) is 8.42 Å². The molecule has 0 aliphatic carbocycles. The summed E-state index contributed by atoms with van der Waals surface area (Å²) >= 11 is 0. The molecule has 0 unspecified atom stereocenters. The molecule has 0 fully saturated rings. The molecule has 2 N–H and O–H groups in total. The zero-order valence-corrected chi connectivity index (χ0v) is 11.7. The summed E-state index contributed by atoms with van der Waals surface area (Å²) in [5.74, 6) is 0.792. The number of anilines is 1. The molecule has 0 radical (unpaired) electrons. The van der Waals surface area contributed by atoms with Gasteiger partial charge in [-0.15, -0.1) is 0 Å². The van der Waals surface area contributed by atoms with Gasteiger partial charge in [-0.1, -0.05) is 6.07 Å². The lowest BCUT2D eigenvalue weighted by atomic mass is 10.3. The Morgan fingerprint density at radius 2 is 2.05 bits per heavy atom. The lowest BCUT2D eigenvalue weighted by Gasteiger charge is -2.10. The van der Waals surface area contributed by atoms with E-state index in [1.807, 2.05) is 6.92 Å². The number of nitrogens with two attached hydrogens (primary N) is 1. The van der Waals surface area contributed by atoms with E-state index in [4.69, 9.17) is 10.5 Å². The second kappa shape index (κ2) is 4.58. The van der Waals surface area contributed by atoms with Crippen molar-refractivity contribution in [2.24, 2.45) is 7.05 Å². The zero-order valence-electron chi connectivity index (χ0n) is 10.9. The first-order valence-electron chi connectivity index (χ1n) is 5.56. The number of hydrogen-bond donors (Lipinski definition) is 1. The number of aromatic nitrogens is 2. The highest BCUT2D eigenvalue weighted by molar-refractivity contribution is 7.90. The summed E-state index contributed by atoms with van der Waals surface area (Å²) in [6.07, 6.45) is 1.11. The summed E-state index contributed by atoms with van der Waals surface area (Å²) in [6.45, 7) is 1.84. The van der Waals surface area contributed by atoms with Gasteiger partial charge in [0.15, 0.2) is 15.6 Å². The van der Waals surface area contributed by atoms with Crippen LogP contribution in [0.5, 0.6) is 11.6 Å². The van der Waals surface area contributed by atoms with Crippen LogP contribution in [0.2, 0.25) is 0 Å². The van der Waals surface area contributed by atoms with Crippen molar-refractivity contribution in [1.82, 2.24) is 9.78 Å². The summed E-state index contributed by atoms with van der Waals surface area (Å²) < 4.78 is 30.3. The maximum atomic E-state index is 11.6. The van der Waals surface area contributed by atoms with Crippen molar-refractivity contribution in [3.63, 3.8) is 0 Å². The molecule has 19 heavy (non-hydrogen) atoms. The number of rotatable bonds is 3. The van der Waals surface area contributed by atoms with Gasteiger partial charge >= 0.3 is 0 Å². The van der Waals surface area contributed by atoms with Gasteiger partial charge in [0.1, 0.15) is 0 Å². The number of nitrogen functional groups attached to an aromatic ring is 1. The Labute approximate surface area is 111 Å². The molecule has 0 saturated carbocycles. The van der Waals surface area contributed by atoms with Gasteiger partial charge in [-0.25, -0.2) is 13.1 Å². The molecule has 0 aliphatic heterocycles. The molecule has 0 amide bonds. The van der Waals surface area contributed by atoms with Crippen LogP contribution in [0, 0.1) is 6.92 Å². The van der Waals surface area contributed by atoms with Crippen molar-refractivity contribution in [2.75, 3.05) is 12.0 Å². The second-order valence-corrected chi connectivity index (χ2v) is 6.27. The molecule has 1 aromatic carbocycles. The van der Waals surface area contributed by atoms with Crippen LogP contribution >= 0.6 is 0 Å². The van der Waals surface area contributed by atoms with Crippen molar-refractivity contribution < 1.29 is 13.2 Å². The average molecular weight is 281 g/mol. The minimum Gasteiger partial charge on any atom is -0.437 e. The molecule has 1 aromatic heterocycles. The van der Waals surface area contributed by atoms with E-state index < -0.39 is 9.84 Å². The summed E-state index contributed by atoms with van der Waals surface area (Å²) in [7, 11) is -1.65. The van der Waals surface area contributed by atoms with Gasteiger partial charge in [-0.05, 0) is 19.1 Å². The van der Waals surface area contributed by atoms with E-state index >= 15 is 0 Å². The van der Waals surface area contributed by atoms with Crippen molar-refractivity contribution in [3.05, 3.63) is 30.0 Å². The fourth-order valence-electron chi connectivity index (χ4n) is 1.73. The van der Waals surface area contributed by atoms with E-state index in [0.29, 0.717) is 11.6 Å². The Balaban J connectivity index is 2.45. The van der Waals surface area contributed by atoms with Crippen molar-refractivity contribution in [2.45, 2.75) is 11.8 Å². The van der Waals surface area contributed by atoms with E-state index in [2.05, 4.69) is 5.10 Å². The topological polar surface area (TPSA) is 87.2 Å². The minimum absolute atomic E-state index is 0.0592. The first-order valence-corrected chi connectivity index (χ1v) is 7.45. The number of sulfone groups is 1. The fourth-order valence-corrected chi connectivity index (χ4v) is 2.56. The van der Waals surface area contributed by atoms with E-state index in [1.165, 1.54) is 6.07 Å². The van der Waals surface area contributed by atoms with Crippen LogP contribution in [0.3, 0.4) is 0 Å². The summed E-state index contributed by atoms with van der Waals surface area (Å²) in [5, 5.41) is 4.14. The van der Waals surface area contributed by atoms with Crippen molar-refractivity contribution in [3.8, 4) is 11.6 Å². The van der Waals surface area contributed by atoms with Crippen LogP contribution in [-0.2, 0) is 16.9 Å². The van der Waals surface area contributed by atoms with Gasteiger partial charge in [0.05, 0.1) is 16.3 Å². The van der Waals surface area contributed by atoms with E-state index in [0.717, 1.165) is 11.9 Å². The standard InChI is InChI=1S/C12H15N3O3S/c1-8-7-11(15(2)14-8)18-9-5-4-6-10(12(9)13)19(3,16)17/h4-7H,13H2,1-3H3. The van der Waals surface area contributed by atoms with Crippen LogP contribution in [0.1, 0.15) is 5.69 Å².